The Labute approximate surface area is 132 Å². The number of hydrogen-bond donors (Lipinski definition) is 2. The Morgan fingerprint density at radius 2 is 1.86 bits per heavy atom. The van der Waals surface area contributed by atoms with Gasteiger partial charge in [-0.1, -0.05) is 19.8 Å². The molecule has 2 rings (SSSR count). The zero-order chi connectivity index (χ0) is 15.3. The third-order valence-electron chi connectivity index (χ3n) is 3.86. The largest absolute Gasteiger partial charge is 0.381 e. The number of rotatable bonds is 6. The van der Waals surface area contributed by atoms with Gasteiger partial charge in [-0.3, -0.25) is 0 Å². The normalized spacial score (nSPS) is 23.0. The van der Waals surface area contributed by atoms with Crippen LogP contribution in [0.4, 0.5) is 5.69 Å². The van der Waals surface area contributed by atoms with Gasteiger partial charge < -0.3 is 5.32 Å². The second kappa shape index (κ2) is 7.51. The van der Waals surface area contributed by atoms with Crippen molar-refractivity contribution >= 4 is 27.5 Å². The Morgan fingerprint density at radius 3 is 2.48 bits per heavy atom. The van der Waals surface area contributed by atoms with Crippen molar-refractivity contribution in [3.63, 3.8) is 0 Å². The van der Waals surface area contributed by atoms with Crippen LogP contribution in [0.15, 0.2) is 29.2 Å². The molecular weight excluding hydrogens is 304 g/mol. The standard InChI is InChI=1S/C15H24N2O2S2/c1-3-16-21(18,19)13-10-8-12(9-11-13)17-14-6-4-5-7-15(14)20-2/h8-11,14-17H,3-7H2,1-2H3. The van der Waals surface area contributed by atoms with Crippen molar-refractivity contribution < 1.29 is 8.42 Å². The Kier molecular flexibility index (Phi) is 5.96. The third kappa shape index (κ3) is 4.37. The lowest BCUT2D eigenvalue weighted by Gasteiger charge is -2.31. The molecule has 1 fully saturated rings. The molecule has 2 atom stereocenters. The van der Waals surface area contributed by atoms with Crippen LogP contribution in [0.3, 0.4) is 0 Å². The van der Waals surface area contributed by atoms with Gasteiger partial charge in [0.1, 0.15) is 0 Å². The van der Waals surface area contributed by atoms with E-state index in [-0.39, 0.29) is 0 Å². The summed E-state index contributed by atoms with van der Waals surface area (Å²) in [6.45, 7) is 2.18. The van der Waals surface area contributed by atoms with Gasteiger partial charge in [-0.2, -0.15) is 11.8 Å². The van der Waals surface area contributed by atoms with Crippen LogP contribution < -0.4 is 10.0 Å². The van der Waals surface area contributed by atoms with Gasteiger partial charge in [0.15, 0.2) is 0 Å². The van der Waals surface area contributed by atoms with Gasteiger partial charge in [-0.05, 0) is 43.4 Å². The molecule has 6 heteroatoms. The van der Waals surface area contributed by atoms with E-state index in [1.807, 2.05) is 23.9 Å². The van der Waals surface area contributed by atoms with Gasteiger partial charge >= 0.3 is 0 Å². The SMILES string of the molecule is CCNS(=O)(=O)c1ccc(NC2CCCCC2SC)cc1. The molecule has 2 unspecified atom stereocenters. The molecule has 1 aliphatic rings. The zero-order valence-electron chi connectivity index (χ0n) is 12.6. The monoisotopic (exact) mass is 328 g/mol. The topological polar surface area (TPSA) is 58.2 Å². The minimum atomic E-state index is -3.36. The van der Waals surface area contributed by atoms with Gasteiger partial charge in [-0.25, -0.2) is 13.1 Å². The lowest BCUT2D eigenvalue weighted by Crippen LogP contribution is -2.34. The van der Waals surface area contributed by atoms with E-state index in [0.717, 1.165) is 5.69 Å². The van der Waals surface area contributed by atoms with Crippen molar-refractivity contribution in [1.82, 2.24) is 4.72 Å². The molecule has 0 aromatic heterocycles. The number of sulfonamides is 1. The molecule has 1 aromatic rings. The smallest absolute Gasteiger partial charge is 0.240 e. The average Bonchev–Trinajstić information content (AvgIpc) is 2.48. The summed E-state index contributed by atoms with van der Waals surface area (Å²) in [4.78, 5) is 0.319. The van der Waals surface area contributed by atoms with Crippen molar-refractivity contribution in [3.8, 4) is 0 Å². The summed E-state index contributed by atoms with van der Waals surface area (Å²) >= 11 is 1.92. The average molecular weight is 329 g/mol. The van der Waals surface area contributed by atoms with Crippen molar-refractivity contribution in [2.45, 2.75) is 48.8 Å². The molecule has 0 spiro atoms. The lowest BCUT2D eigenvalue weighted by atomic mass is 9.94. The number of hydrogen-bond acceptors (Lipinski definition) is 4. The fourth-order valence-corrected chi connectivity index (χ4v) is 4.74. The molecule has 0 heterocycles. The first-order valence-corrected chi connectivity index (χ1v) is 10.2. The molecule has 0 bridgehead atoms. The number of anilines is 1. The molecule has 0 aliphatic heterocycles. The Hall–Kier alpha value is -0.720. The van der Waals surface area contributed by atoms with Crippen LogP contribution in [0, 0.1) is 0 Å². The predicted molar refractivity (Wildman–Crippen MR) is 90.5 cm³/mol. The van der Waals surface area contributed by atoms with Gasteiger partial charge in [0.2, 0.25) is 10.0 Å². The highest BCUT2D eigenvalue weighted by Crippen LogP contribution is 2.29. The predicted octanol–water partition coefficient (Wildman–Crippen LogP) is 3.07. The maximum Gasteiger partial charge on any atom is 0.240 e. The van der Waals surface area contributed by atoms with Crippen LogP contribution in [0.1, 0.15) is 32.6 Å². The van der Waals surface area contributed by atoms with Gasteiger partial charge in [0.05, 0.1) is 4.90 Å². The molecule has 118 valence electrons. The summed E-state index contributed by atoms with van der Waals surface area (Å²) in [5.74, 6) is 0. The van der Waals surface area contributed by atoms with E-state index in [4.69, 9.17) is 0 Å². The highest BCUT2D eigenvalue weighted by molar-refractivity contribution is 7.99. The number of nitrogens with one attached hydrogen (secondary N) is 2. The van der Waals surface area contributed by atoms with Crippen LogP contribution in [0.25, 0.3) is 0 Å². The zero-order valence-corrected chi connectivity index (χ0v) is 14.3. The summed E-state index contributed by atoms with van der Waals surface area (Å²) in [5, 5.41) is 4.20. The molecule has 2 N–H and O–H groups in total. The van der Waals surface area contributed by atoms with E-state index in [2.05, 4.69) is 16.3 Å². The van der Waals surface area contributed by atoms with Gasteiger partial charge in [0.25, 0.3) is 0 Å². The first kappa shape index (κ1) is 16.6. The van der Waals surface area contributed by atoms with E-state index in [1.165, 1.54) is 25.7 Å². The van der Waals surface area contributed by atoms with Crippen molar-refractivity contribution in [1.29, 1.82) is 0 Å². The summed E-state index contributed by atoms with van der Waals surface area (Å²) in [6, 6.07) is 7.52. The van der Waals surface area contributed by atoms with Crippen LogP contribution >= 0.6 is 11.8 Å². The van der Waals surface area contributed by atoms with Gasteiger partial charge in [0, 0.05) is 23.5 Å². The second-order valence-corrected chi connectivity index (χ2v) is 8.18. The third-order valence-corrected chi connectivity index (χ3v) is 6.59. The summed E-state index contributed by atoms with van der Waals surface area (Å²) in [7, 11) is -3.36. The maximum atomic E-state index is 11.9. The number of benzene rings is 1. The van der Waals surface area contributed by atoms with Crippen molar-refractivity contribution in [2.24, 2.45) is 0 Å². The molecule has 0 saturated heterocycles. The second-order valence-electron chi connectivity index (χ2n) is 5.34. The lowest BCUT2D eigenvalue weighted by molar-refractivity contribution is 0.475. The first-order valence-electron chi connectivity index (χ1n) is 7.46. The minimum Gasteiger partial charge on any atom is -0.381 e. The van der Waals surface area contributed by atoms with Crippen LogP contribution in [0.2, 0.25) is 0 Å². The Morgan fingerprint density at radius 1 is 1.19 bits per heavy atom. The van der Waals surface area contributed by atoms with Crippen LogP contribution in [-0.2, 0) is 10.0 Å². The highest BCUT2D eigenvalue weighted by Gasteiger charge is 2.24. The molecule has 4 nitrogen and oxygen atoms in total. The van der Waals surface area contributed by atoms with Crippen molar-refractivity contribution in [3.05, 3.63) is 24.3 Å². The van der Waals surface area contributed by atoms with Crippen LogP contribution in [0.5, 0.6) is 0 Å². The quantitative estimate of drug-likeness (QED) is 0.842. The fraction of sp³-hybridized carbons (Fsp3) is 0.600. The van der Waals surface area contributed by atoms with E-state index < -0.39 is 10.0 Å². The molecule has 1 saturated carbocycles. The molecular formula is C15H24N2O2S2. The molecule has 0 amide bonds. The number of thioether (sulfide) groups is 1. The first-order chi connectivity index (χ1) is 10.1. The van der Waals surface area contributed by atoms with Crippen molar-refractivity contribution in [2.75, 3.05) is 18.1 Å². The minimum absolute atomic E-state index is 0.319. The molecule has 0 radical (unpaired) electrons. The van der Waals surface area contributed by atoms with Crippen LogP contribution in [-0.4, -0.2) is 32.5 Å². The molecule has 1 aromatic carbocycles. The van der Waals surface area contributed by atoms with E-state index in [1.54, 1.807) is 19.1 Å². The fourth-order valence-electron chi connectivity index (χ4n) is 2.76. The summed E-state index contributed by atoms with van der Waals surface area (Å²) < 4.78 is 26.3. The van der Waals surface area contributed by atoms with E-state index >= 15 is 0 Å². The Balaban J connectivity index is 2.05. The Bertz CT molecular complexity index is 543. The summed E-state index contributed by atoms with van der Waals surface area (Å²) in [5.41, 5.74) is 0.997. The maximum absolute atomic E-state index is 11.9. The van der Waals surface area contributed by atoms with E-state index in [0.29, 0.717) is 22.7 Å². The van der Waals surface area contributed by atoms with E-state index in [9.17, 15) is 8.42 Å². The molecule has 1 aliphatic carbocycles. The summed E-state index contributed by atoms with van der Waals surface area (Å²) in [6.07, 6.45) is 7.18. The highest BCUT2D eigenvalue weighted by atomic mass is 32.2. The van der Waals surface area contributed by atoms with Gasteiger partial charge in [-0.15, -0.1) is 0 Å². The molecule has 21 heavy (non-hydrogen) atoms.